The molecule has 0 radical (unpaired) electrons. The molecule has 9 heavy (non-hydrogen) atoms. The Labute approximate surface area is 54.6 Å². The van der Waals surface area contributed by atoms with E-state index in [4.69, 9.17) is 0 Å². The fourth-order valence-electron chi connectivity index (χ4n) is 0.420. The van der Waals surface area contributed by atoms with Crippen molar-refractivity contribution in [1.82, 2.24) is 3.97 Å². The van der Waals surface area contributed by atoms with Crippen molar-refractivity contribution in [1.29, 1.82) is 0 Å². The maximum atomic E-state index is 12.0. The highest BCUT2D eigenvalue weighted by molar-refractivity contribution is 7.78. The highest BCUT2D eigenvalue weighted by Crippen LogP contribution is 2.12. The van der Waals surface area contributed by atoms with E-state index >= 15 is 0 Å². The average Bonchev–Trinajstić information content (AvgIpc) is 1.98. The maximum Gasteiger partial charge on any atom is 0.242 e. The summed E-state index contributed by atoms with van der Waals surface area (Å²) in [6, 6.07) is 0. The zero-order valence-electron chi connectivity index (χ0n) is 4.11. The molecule has 0 spiro atoms. The molecule has 0 saturated carbocycles. The Morgan fingerprint density at radius 1 is 1.33 bits per heavy atom. The molecular weight excluding hydrogens is 151 g/mol. The molecule has 50 valence electrons. The van der Waals surface area contributed by atoms with Crippen molar-refractivity contribution < 1.29 is 13.2 Å². The van der Waals surface area contributed by atoms with E-state index in [2.05, 4.69) is 12.8 Å². The van der Waals surface area contributed by atoms with E-state index in [0.29, 0.717) is 10.2 Å². The first-order valence-electron chi connectivity index (χ1n) is 2.04. The lowest BCUT2D eigenvalue weighted by Crippen LogP contribution is -1.83. The number of hydrogen-bond donors (Lipinski definition) is 1. The van der Waals surface area contributed by atoms with Crippen LogP contribution >= 0.6 is 12.8 Å². The molecule has 1 rings (SSSR count). The van der Waals surface area contributed by atoms with Crippen molar-refractivity contribution in [2.75, 3.05) is 0 Å². The lowest BCUT2D eigenvalue weighted by Gasteiger charge is -1.84. The lowest BCUT2D eigenvalue weighted by atomic mass is 10.6. The Balaban J connectivity index is 3.29. The lowest BCUT2D eigenvalue weighted by molar-refractivity contribution is 0.450. The molecule has 5 heteroatoms. The zero-order chi connectivity index (χ0) is 7.02. The van der Waals surface area contributed by atoms with Crippen molar-refractivity contribution in [2.24, 2.45) is 0 Å². The highest BCUT2D eigenvalue weighted by Gasteiger charge is 2.12. The third-order valence-electron chi connectivity index (χ3n) is 0.828. The van der Waals surface area contributed by atoms with E-state index in [1.54, 1.807) is 0 Å². The molecule has 0 amide bonds. The molecule has 0 aliphatic heterocycles. The van der Waals surface area contributed by atoms with Crippen molar-refractivity contribution >= 4 is 12.8 Å². The Kier molecular flexibility index (Phi) is 1.44. The molecule has 0 atom stereocenters. The minimum atomic E-state index is -1.50. The van der Waals surface area contributed by atoms with E-state index in [9.17, 15) is 13.2 Å². The Morgan fingerprint density at radius 2 is 1.89 bits per heavy atom. The van der Waals surface area contributed by atoms with Crippen LogP contribution in [0.1, 0.15) is 0 Å². The van der Waals surface area contributed by atoms with Crippen LogP contribution in [0, 0.1) is 17.6 Å². The summed E-state index contributed by atoms with van der Waals surface area (Å²) in [5.41, 5.74) is 0. The molecule has 0 N–H and O–H groups in total. The summed E-state index contributed by atoms with van der Waals surface area (Å²) in [5, 5.41) is 0. The van der Waals surface area contributed by atoms with Gasteiger partial charge in [-0.2, -0.15) is 8.78 Å². The van der Waals surface area contributed by atoms with Crippen molar-refractivity contribution in [3.63, 3.8) is 0 Å². The van der Waals surface area contributed by atoms with Gasteiger partial charge in [-0.3, -0.25) is 3.97 Å². The van der Waals surface area contributed by atoms with E-state index in [1.165, 1.54) is 0 Å². The van der Waals surface area contributed by atoms with Crippen LogP contribution in [-0.4, -0.2) is 3.97 Å². The molecule has 0 aliphatic carbocycles. The van der Waals surface area contributed by atoms with Crippen LogP contribution in [0.4, 0.5) is 13.2 Å². The minimum absolute atomic E-state index is 0.435. The van der Waals surface area contributed by atoms with Gasteiger partial charge in [0.15, 0.2) is 5.82 Å². The molecule has 0 bridgehead atoms. The molecule has 1 aromatic rings. The Bertz CT molecular complexity index is 209. The maximum absolute atomic E-state index is 12.0. The van der Waals surface area contributed by atoms with Gasteiger partial charge in [-0.25, -0.2) is 4.39 Å². The summed E-state index contributed by atoms with van der Waals surface area (Å²) < 4.78 is 36.3. The third-order valence-corrected chi connectivity index (χ3v) is 1.12. The number of halogens is 3. The van der Waals surface area contributed by atoms with Crippen LogP contribution in [0.25, 0.3) is 0 Å². The van der Waals surface area contributed by atoms with Crippen molar-refractivity contribution in [2.45, 2.75) is 0 Å². The van der Waals surface area contributed by atoms with E-state index < -0.39 is 17.6 Å². The first kappa shape index (κ1) is 6.54. The smallest absolute Gasteiger partial charge is 0.242 e. The van der Waals surface area contributed by atoms with Crippen LogP contribution in [0.3, 0.4) is 0 Å². The van der Waals surface area contributed by atoms with Gasteiger partial charge in [-0.1, -0.05) is 12.8 Å². The van der Waals surface area contributed by atoms with E-state index in [1.807, 2.05) is 0 Å². The second kappa shape index (κ2) is 1.98. The van der Waals surface area contributed by atoms with Crippen LogP contribution in [0.5, 0.6) is 0 Å². The SMILES string of the molecule is Fc1cn(S)c(F)c1F. The van der Waals surface area contributed by atoms with Gasteiger partial charge in [-0.15, -0.1) is 0 Å². The van der Waals surface area contributed by atoms with Crippen molar-refractivity contribution in [3.05, 3.63) is 23.8 Å². The quantitative estimate of drug-likeness (QED) is 0.540. The van der Waals surface area contributed by atoms with E-state index in [-0.39, 0.29) is 0 Å². The molecule has 0 unspecified atom stereocenters. The van der Waals surface area contributed by atoms with Gasteiger partial charge < -0.3 is 0 Å². The Morgan fingerprint density at radius 3 is 2.00 bits per heavy atom. The summed E-state index contributed by atoms with van der Waals surface area (Å²) >= 11 is 3.35. The zero-order valence-corrected chi connectivity index (χ0v) is 5.00. The first-order valence-corrected chi connectivity index (χ1v) is 2.44. The fourth-order valence-corrected chi connectivity index (χ4v) is 0.609. The van der Waals surface area contributed by atoms with Gasteiger partial charge in [0.1, 0.15) is 0 Å². The topological polar surface area (TPSA) is 4.93 Å². The number of hydrogen-bond acceptors (Lipinski definition) is 1. The van der Waals surface area contributed by atoms with Gasteiger partial charge in [0.05, 0.1) is 6.20 Å². The summed E-state index contributed by atoms with van der Waals surface area (Å²) in [6.45, 7) is 0. The fraction of sp³-hybridized carbons (Fsp3) is 0. The summed E-state index contributed by atoms with van der Waals surface area (Å²) in [7, 11) is 0. The summed E-state index contributed by atoms with van der Waals surface area (Å²) in [5.74, 6) is -4.04. The number of aromatic nitrogens is 1. The van der Waals surface area contributed by atoms with Gasteiger partial charge in [-0.05, 0) is 0 Å². The third kappa shape index (κ3) is 0.917. The number of thiol groups is 1. The van der Waals surface area contributed by atoms with Crippen LogP contribution in [0.15, 0.2) is 6.20 Å². The second-order valence-corrected chi connectivity index (χ2v) is 1.86. The van der Waals surface area contributed by atoms with E-state index in [0.717, 1.165) is 0 Å². The van der Waals surface area contributed by atoms with Gasteiger partial charge in [0.2, 0.25) is 11.8 Å². The Hall–Kier alpha value is -0.580. The standard InChI is InChI=1S/C4H2F3NS/c5-2-1-8(9)4(7)3(2)6/h1,9H. The van der Waals surface area contributed by atoms with Crippen LogP contribution in [0.2, 0.25) is 0 Å². The molecule has 0 saturated heterocycles. The normalized spacial score (nSPS) is 10.2. The summed E-state index contributed by atoms with van der Waals surface area (Å²) in [4.78, 5) is 0. The number of nitrogens with zero attached hydrogens (tertiary/aromatic N) is 1. The minimum Gasteiger partial charge on any atom is -0.265 e. The molecular formula is C4H2F3NS. The predicted molar refractivity (Wildman–Crippen MR) is 28.7 cm³/mol. The monoisotopic (exact) mass is 153 g/mol. The summed E-state index contributed by atoms with van der Waals surface area (Å²) in [6.07, 6.45) is 0.605. The molecule has 1 nitrogen and oxygen atoms in total. The van der Waals surface area contributed by atoms with Crippen molar-refractivity contribution in [3.8, 4) is 0 Å². The molecule has 1 aromatic heterocycles. The largest absolute Gasteiger partial charge is 0.265 e. The molecule has 0 aliphatic rings. The van der Waals surface area contributed by atoms with Crippen LogP contribution in [-0.2, 0) is 0 Å². The molecule has 0 fully saturated rings. The molecule has 0 aromatic carbocycles. The van der Waals surface area contributed by atoms with Gasteiger partial charge >= 0.3 is 0 Å². The first-order chi connectivity index (χ1) is 4.13. The average molecular weight is 153 g/mol. The highest BCUT2D eigenvalue weighted by atomic mass is 32.1. The van der Waals surface area contributed by atoms with Gasteiger partial charge in [0.25, 0.3) is 0 Å². The predicted octanol–water partition coefficient (Wildman–Crippen LogP) is 1.60. The number of rotatable bonds is 0. The van der Waals surface area contributed by atoms with Gasteiger partial charge in [0, 0.05) is 0 Å². The van der Waals surface area contributed by atoms with Crippen LogP contribution < -0.4 is 0 Å². The molecule has 1 heterocycles. The second-order valence-electron chi connectivity index (χ2n) is 1.43.